The van der Waals surface area contributed by atoms with Crippen molar-refractivity contribution in [1.29, 1.82) is 0 Å². The van der Waals surface area contributed by atoms with Gasteiger partial charge >= 0.3 is 0 Å². The molecule has 0 spiro atoms. The molecular weight excluding hydrogens is 298 g/mol. The van der Waals surface area contributed by atoms with Crippen LogP contribution in [0.1, 0.15) is 58.4 Å². The normalized spacial score (nSPS) is 31.0. The zero-order valence-electron chi connectivity index (χ0n) is 15.5. The Hall–Kier alpha value is -0.900. The SMILES string of the molecule is C[C@@H](C[C@@]1(c2ccccc2)CCOC(C)(C)C1)NC[C@@H]1CCCO1. The molecule has 0 aromatic heterocycles. The minimum Gasteiger partial charge on any atom is -0.377 e. The molecule has 0 amide bonds. The third-order valence-corrected chi connectivity index (χ3v) is 5.64. The first-order valence-corrected chi connectivity index (χ1v) is 9.54. The molecule has 3 rings (SSSR count). The van der Waals surface area contributed by atoms with Crippen molar-refractivity contribution in [1.82, 2.24) is 5.32 Å². The molecular formula is C21H33NO2. The molecule has 3 heteroatoms. The molecule has 2 aliphatic heterocycles. The summed E-state index contributed by atoms with van der Waals surface area (Å²) in [5, 5.41) is 3.73. The van der Waals surface area contributed by atoms with E-state index >= 15 is 0 Å². The summed E-state index contributed by atoms with van der Waals surface area (Å²) in [5.41, 5.74) is 1.61. The van der Waals surface area contributed by atoms with Crippen molar-refractivity contribution in [3.63, 3.8) is 0 Å². The smallest absolute Gasteiger partial charge is 0.0700 e. The van der Waals surface area contributed by atoms with E-state index in [2.05, 4.69) is 56.4 Å². The first-order valence-electron chi connectivity index (χ1n) is 9.54. The fraction of sp³-hybridized carbons (Fsp3) is 0.714. The highest BCUT2D eigenvalue weighted by Crippen LogP contribution is 2.44. The lowest BCUT2D eigenvalue weighted by Crippen LogP contribution is -2.47. The third-order valence-electron chi connectivity index (χ3n) is 5.64. The number of nitrogens with one attached hydrogen (secondary N) is 1. The highest BCUT2D eigenvalue weighted by Gasteiger charge is 2.42. The van der Waals surface area contributed by atoms with Gasteiger partial charge in [-0.05, 0) is 58.4 Å². The lowest BCUT2D eigenvalue weighted by atomic mass is 9.66. The molecule has 2 saturated heterocycles. The van der Waals surface area contributed by atoms with Crippen LogP contribution in [0.4, 0.5) is 0 Å². The topological polar surface area (TPSA) is 30.5 Å². The largest absolute Gasteiger partial charge is 0.377 e. The second-order valence-electron chi connectivity index (χ2n) is 8.33. The van der Waals surface area contributed by atoms with E-state index in [1.165, 1.54) is 18.4 Å². The molecule has 0 radical (unpaired) electrons. The van der Waals surface area contributed by atoms with Crippen molar-refractivity contribution >= 4 is 0 Å². The molecule has 1 aromatic carbocycles. The summed E-state index contributed by atoms with van der Waals surface area (Å²) in [6.07, 6.45) is 6.15. The second-order valence-corrected chi connectivity index (χ2v) is 8.33. The van der Waals surface area contributed by atoms with Crippen molar-refractivity contribution in [2.24, 2.45) is 0 Å². The quantitative estimate of drug-likeness (QED) is 0.853. The molecule has 3 nitrogen and oxygen atoms in total. The fourth-order valence-electron chi connectivity index (χ4n) is 4.60. The molecule has 3 atom stereocenters. The van der Waals surface area contributed by atoms with Crippen molar-refractivity contribution in [2.75, 3.05) is 19.8 Å². The van der Waals surface area contributed by atoms with Gasteiger partial charge in [-0.25, -0.2) is 0 Å². The Kier molecular flexibility index (Phi) is 5.63. The Balaban J connectivity index is 1.70. The van der Waals surface area contributed by atoms with E-state index in [0.29, 0.717) is 12.1 Å². The van der Waals surface area contributed by atoms with Gasteiger partial charge in [0.05, 0.1) is 11.7 Å². The fourth-order valence-corrected chi connectivity index (χ4v) is 4.60. The van der Waals surface area contributed by atoms with Gasteiger partial charge in [0.25, 0.3) is 0 Å². The zero-order valence-corrected chi connectivity index (χ0v) is 15.5. The van der Waals surface area contributed by atoms with Crippen LogP contribution in [-0.2, 0) is 14.9 Å². The molecule has 2 heterocycles. The van der Waals surface area contributed by atoms with Gasteiger partial charge < -0.3 is 14.8 Å². The van der Waals surface area contributed by atoms with Gasteiger partial charge in [-0.1, -0.05) is 30.3 Å². The Labute approximate surface area is 147 Å². The number of rotatable bonds is 6. The van der Waals surface area contributed by atoms with Gasteiger partial charge in [-0.3, -0.25) is 0 Å². The molecule has 134 valence electrons. The van der Waals surface area contributed by atoms with Crippen molar-refractivity contribution in [3.8, 4) is 0 Å². The average Bonchev–Trinajstić information content (AvgIpc) is 3.06. The van der Waals surface area contributed by atoms with E-state index in [1.54, 1.807) is 0 Å². The van der Waals surface area contributed by atoms with Gasteiger partial charge in [0, 0.05) is 31.2 Å². The summed E-state index contributed by atoms with van der Waals surface area (Å²) in [6.45, 7) is 9.54. The van der Waals surface area contributed by atoms with Crippen molar-refractivity contribution in [2.45, 2.75) is 76.0 Å². The first kappa shape index (κ1) is 17.9. The van der Waals surface area contributed by atoms with Gasteiger partial charge in [0.2, 0.25) is 0 Å². The Morgan fingerprint density at radius 2 is 2.00 bits per heavy atom. The van der Waals surface area contributed by atoms with Crippen LogP contribution in [0.15, 0.2) is 30.3 Å². The van der Waals surface area contributed by atoms with Crippen LogP contribution in [-0.4, -0.2) is 37.5 Å². The molecule has 0 aliphatic carbocycles. The number of hydrogen-bond donors (Lipinski definition) is 1. The van der Waals surface area contributed by atoms with Crippen LogP contribution in [0.5, 0.6) is 0 Å². The number of hydrogen-bond acceptors (Lipinski definition) is 3. The highest BCUT2D eigenvalue weighted by molar-refractivity contribution is 5.27. The molecule has 1 N–H and O–H groups in total. The zero-order chi connectivity index (χ0) is 17.0. The lowest BCUT2D eigenvalue weighted by molar-refractivity contribution is -0.0855. The summed E-state index contributed by atoms with van der Waals surface area (Å²) >= 11 is 0. The molecule has 0 unspecified atom stereocenters. The van der Waals surface area contributed by atoms with Crippen LogP contribution >= 0.6 is 0 Å². The predicted octanol–water partition coefficient (Wildman–Crippen LogP) is 4.06. The highest BCUT2D eigenvalue weighted by atomic mass is 16.5. The van der Waals surface area contributed by atoms with Crippen LogP contribution in [0.25, 0.3) is 0 Å². The molecule has 2 aliphatic rings. The monoisotopic (exact) mass is 331 g/mol. The van der Waals surface area contributed by atoms with Crippen LogP contribution in [0.2, 0.25) is 0 Å². The van der Waals surface area contributed by atoms with Crippen LogP contribution < -0.4 is 5.32 Å². The summed E-state index contributed by atoms with van der Waals surface area (Å²) < 4.78 is 11.8. The maximum absolute atomic E-state index is 6.02. The summed E-state index contributed by atoms with van der Waals surface area (Å²) in [6, 6.07) is 11.5. The van der Waals surface area contributed by atoms with E-state index < -0.39 is 0 Å². The standard InChI is InChI=1S/C21H33NO2/c1-17(22-15-19-10-7-12-23-19)14-21(18-8-5-4-6-9-18)11-13-24-20(2,3)16-21/h4-6,8-9,17,19,22H,7,10-16H2,1-3H3/t17-,19-,21-/m0/s1. The molecule has 1 aromatic rings. The lowest BCUT2D eigenvalue weighted by Gasteiger charge is -2.46. The van der Waals surface area contributed by atoms with E-state index in [1.807, 2.05) is 0 Å². The van der Waals surface area contributed by atoms with E-state index in [4.69, 9.17) is 9.47 Å². The van der Waals surface area contributed by atoms with Gasteiger partial charge in [0.15, 0.2) is 0 Å². The van der Waals surface area contributed by atoms with Crippen molar-refractivity contribution < 1.29 is 9.47 Å². The van der Waals surface area contributed by atoms with E-state index in [9.17, 15) is 0 Å². The molecule has 0 bridgehead atoms. The van der Waals surface area contributed by atoms with Gasteiger partial charge in [0.1, 0.15) is 0 Å². The number of benzene rings is 1. The average molecular weight is 332 g/mol. The van der Waals surface area contributed by atoms with Gasteiger partial charge in [-0.2, -0.15) is 0 Å². The summed E-state index contributed by atoms with van der Waals surface area (Å²) in [7, 11) is 0. The van der Waals surface area contributed by atoms with E-state index in [0.717, 1.165) is 39.0 Å². The minimum absolute atomic E-state index is 0.0532. The third kappa shape index (κ3) is 4.38. The predicted molar refractivity (Wildman–Crippen MR) is 98.4 cm³/mol. The molecule has 24 heavy (non-hydrogen) atoms. The Morgan fingerprint density at radius 3 is 2.67 bits per heavy atom. The minimum atomic E-state index is -0.0532. The summed E-state index contributed by atoms with van der Waals surface area (Å²) in [5.74, 6) is 0. The Bertz CT molecular complexity index is 510. The van der Waals surface area contributed by atoms with E-state index in [-0.39, 0.29) is 11.0 Å². The Morgan fingerprint density at radius 1 is 1.21 bits per heavy atom. The first-order chi connectivity index (χ1) is 11.5. The molecule has 2 fully saturated rings. The van der Waals surface area contributed by atoms with Crippen molar-refractivity contribution in [3.05, 3.63) is 35.9 Å². The van der Waals surface area contributed by atoms with Gasteiger partial charge in [-0.15, -0.1) is 0 Å². The second kappa shape index (κ2) is 7.55. The maximum Gasteiger partial charge on any atom is 0.0700 e. The summed E-state index contributed by atoms with van der Waals surface area (Å²) in [4.78, 5) is 0. The number of ether oxygens (including phenoxy) is 2. The molecule has 0 saturated carbocycles. The van der Waals surface area contributed by atoms with Crippen LogP contribution in [0, 0.1) is 0 Å². The van der Waals surface area contributed by atoms with Crippen LogP contribution in [0.3, 0.4) is 0 Å². The maximum atomic E-state index is 6.02.